The SMILES string of the molecule is Cc1nc(OCCNC(=O)c2cnn(-c3ccccc3)c2C)cc(N2CCCCC2)n1. The van der Waals surface area contributed by atoms with Crippen molar-refractivity contribution in [3.63, 3.8) is 0 Å². The molecule has 0 unspecified atom stereocenters. The van der Waals surface area contributed by atoms with Crippen molar-refractivity contribution in [3.05, 3.63) is 59.7 Å². The molecule has 1 N–H and O–H groups in total. The van der Waals surface area contributed by atoms with Crippen LogP contribution in [0.2, 0.25) is 0 Å². The number of para-hydroxylation sites is 1. The first-order valence-electron chi connectivity index (χ1n) is 10.7. The fraction of sp³-hybridized carbons (Fsp3) is 0.391. The number of anilines is 1. The molecular weight excluding hydrogens is 392 g/mol. The quantitative estimate of drug-likeness (QED) is 0.591. The van der Waals surface area contributed by atoms with Crippen LogP contribution >= 0.6 is 0 Å². The van der Waals surface area contributed by atoms with Crippen LogP contribution < -0.4 is 15.0 Å². The van der Waals surface area contributed by atoms with Crippen molar-refractivity contribution >= 4 is 11.7 Å². The van der Waals surface area contributed by atoms with Crippen LogP contribution in [-0.4, -0.2) is 51.9 Å². The molecule has 1 aliphatic heterocycles. The van der Waals surface area contributed by atoms with Crippen molar-refractivity contribution in [2.75, 3.05) is 31.1 Å². The number of aromatic nitrogens is 4. The molecule has 0 aliphatic carbocycles. The lowest BCUT2D eigenvalue weighted by Crippen LogP contribution is -2.30. The lowest BCUT2D eigenvalue weighted by molar-refractivity contribution is 0.0946. The Hall–Kier alpha value is -3.42. The number of rotatable bonds is 7. The van der Waals surface area contributed by atoms with Crippen LogP contribution in [0.3, 0.4) is 0 Å². The molecule has 8 heteroatoms. The molecule has 1 saturated heterocycles. The molecular formula is C23H28N6O2. The molecule has 0 spiro atoms. The Labute approximate surface area is 182 Å². The monoisotopic (exact) mass is 420 g/mol. The number of ether oxygens (including phenoxy) is 1. The molecule has 2 aromatic heterocycles. The molecule has 1 fully saturated rings. The minimum absolute atomic E-state index is 0.170. The normalized spacial score (nSPS) is 13.8. The second-order valence-corrected chi connectivity index (χ2v) is 7.65. The van der Waals surface area contributed by atoms with E-state index < -0.39 is 0 Å². The van der Waals surface area contributed by atoms with Crippen LogP contribution in [0.15, 0.2) is 42.6 Å². The maximum absolute atomic E-state index is 12.6. The van der Waals surface area contributed by atoms with E-state index in [-0.39, 0.29) is 5.91 Å². The minimum Gasteiger partial charge on any atom is -0.476 e. The van der Waals surface area contributed by atoms with E-state index in [2.05, 4.69) is 25.3 Å². The van der Waals surface area contributed by atoms with Crippen LogP contribution in [0.25, 0.3) is 5.69 Å². The summed E-state index contributed by atoms with van der Waals surface area (Å²) in [6.45, 7) is 6.49. The van der Waals surface area contributed by atoms with Gasteiger partial charge in [0.15, 0.2) is 0 Å². The third-order valence-electron chi connectivity index (χ3n) is 5.37. The van der Waals surface area contributed by atoms with Gasteiger partial charge in [0.25, 0.3) is 5.91 Å². The molecule has 4 rings (SSSR count). The van der Waals surface area contributed by atoms with E-state index >= 15 is 0 Å². The van der Waals surface area contributed by atoms with Crippen LogP contribution in [0.5, 0.6) is 5.88 Å². The molecule has 162 valence electrons. The van der Waals surface area contributed by atoms with Gasteiger partial charge in [-0.3, -0.25) is 4.79 Å². The first-order valence-corrected chi connectivity index (χ1v) is 10.7. The van der Waals surface area contributed by atoms with Gasteiger partial charge in [0, 0.05) is 19.2 Å². The smallest absolute Gasteiger partial charge is 0.254 e. The molecule has 3 aromatic rings. The third kappa shape index (κ3) is 5.02. The number of hydrogen-bond acceptors (Lipinski definition) is 6. The van der Waals surface area contributed by atoms with Gasteiger partial charge in [-0.05, 0) is 45.2 Å². The molecule has 8 nitrogen and oxygen atoms in total. The largest absolute Gasteiger partial charge is 0.476 e. The van der Waals surface area contributed by atoms with Gasteiger partial charge in [0.2, 0.25) is 5.88 Å². The van der Waals surface area contributed by atoms with Crippen molar-refractivity contribution in [3.8, 4) is 11.6 Å². The second-order valence-electron chi connectivity index (χ2n) is 7.65. The summed E-state index contributed by atoms with van der Waals surface area (Å²) < 4.78 is 7.56. The number of aryl methyl sites for hydroxylation is 1. The van der Waals surface area contributed by atoms with E-state index in [0.29, 0.717) is 30.4 Å². The van der Waals surface area contributed by atoms with Crippen LogP contribution in [-0.2, 0) is 0 Å². The highest BCUT2D eigenvalue weighted by Gasteiger charge is 2.16. The topological polar surface area (TPSA) is 85.2 Å². The molecule has 1 amide bonds. The van der Waals surface area contributed by atoms with Crippen LogP contribution in [0, 0.1) is 13.8 Å². The first-order chi connectivity index (χ1) is 15.1. The highest BCUT2D eigenvalue weighted by atomic mass is 16.5. The summed E-state index contributed by atoms with van der Waals surface area (Å²) in [6, 6.07) is 11.6. The molecule has 0 radical (unpaired) electrons. The average Bonchev–Trinajstić information content (AvgIpc) is 3.19. The van der Waals surface area contributed by atoms with Gasteiger partial charge in [-0.1, -0.05) is 18.2 Å². The van der Waals surface area contributed by atoms with Crippen molar-refractivity contribution in [2.45, 2.75) is 33.1 Å². The molecule has 0 bridgehead atoms. The van der Waals surface area contributed by atoms with Gasteiger partial charge in [-0.2, -0.15) is 10.1 Å². The zero-order chi connectivity index (χ0) is 21.6. The summed E-state index contributed by atoms with van der Waals surface area (Å²) in [7, 11) is 0. The lowest BCUT2D eigenvalue weighted by Gasteiger charge is -2.28. The molecule has 3 heterocycles. The van der Waals surface area contributed by atoms with Crippen LogP contribution in [0.1, 0.15) is 41.1 Å². The summed E-state index contributed by atoms with van der Waals surface area (Å²) in [5.41, 5.74) is 2.27. The number of carbonyl (C=O) groups excluding carboxylic acids is 1. The Balaban J connectivity index is 1.32. The standard InChI is InChI=1S/C23H28N6O2/c1-17-20(16-25-29(17)19-9-5-3-6-10-19)23(30)24-11-14-31-22-15-21(26-18(2)27-22)28-12-7-4-8-13-28/h3,5-6,9-10,15-16H,4,7-8,11-14H2,1-2H3,(H,24,30). The highest BCUT2D eigenvalue weighted by molar-refractivity contribution is 5.95. The van der Waals surface area contributed by atoms with Gasteiger partial charge in [0.05, 0.1) is 29.7 Å². The predicted molar refractivity (Wildman–Crippen MR) is 119 cm³/mol. The minimum atomic E-state index is -0.170. The maximum atomic E-state index is 12.6. The maximum Gasteiger partial charge on any atom is 0.254 e. The molecule has 1 aliphatic rings. The summed E-state index contributed by atoms with van der Waals surface area (Å²) in [5, 5.41) is 7.25. The summed E-state index contributed by atoms with van der Waals surface area (Å²) in [4.78, 5) is 23.8. The fourth-order valence-electron chi connectivity index (χ4n) is 3.76. The van der Waals surface area contributed by atoms with Crippen molar-refractivity contribution in [2.24, 2.45) is 0 Å². The number of hydrogen-bond donors (Lipinski definition) is 1. The lowest BCUT2D eigenvalue weighted by atomic mass is 10.1. The van der Waals surface area contributed by atoms with E-state index in [1.54, 1.807) is 10.9 Å². The van der Waals surface area contributed by atoms with E-state index in [4.69, 9.17) is 4.74 Å². The predicted octanol–water partition coefficient (Wildman–Crippen LogP) is 3.08. The van der Waals surface area contributed by atoms with E-state index in [0.717, 1.165) is 30.3 Å². The van der Waals surface area contributed by atoms with Crippen LogP contribution in [0.4, 0.5) is 5.82 Å². The summed E-state index contributed by atoms with van der Waals surface area (Å²) in [5.74, 6) is 1.97. The van der Waals surface area contributed by atoms with Gasteiger partial charge in [-0.25, -0.2) is 9.67 Å². The number of carbonyl (C=O) groups is 1. The first kappa shape index (κ1) is 20.8. The van der Waals surface area contributed by atoms with Gasteiger partial charge < -0.3 is 15.0 Å². The zero-order valence-electron chi connectivity index (χ0n) is 18.0. The van der Waals surface area contributed by atoms with Gasteiger partial charge >= 0.3 is 0 Å². The van der Waals surface area contributed by atoms with Gasteiger partial charge in [0.1, 0.15) is 18.2 Å². The van der Waals surface area contributed by atoms with E-state index in [1.165, 1.54) is 19.3 Å². The average molecular weight is 421 g/mol. The molecule has 31 heavy (non-hydrogen) atoms. The molecule has 0 saturated carbocycles. The fourth-order valence-corrected chi connectivity index (χ4v) is 3.76. The number of nitrogens with zero attached hydrogens (tertiary/aromatic N) is 5. The van der Waals surface area contributed by atoms with Crippen molar-refractivity contribution < 1.29 is 9.53 Å². The van der Waals surface area contributed by atoms with Crippen molar-refractivity contribution in [1.82, 2.24) is 25.1 Å². The highest BCUT2D eigenvalue weighted by Crippen LogP contribution is 2.21. The number of nitrogens with one attached hydrogen (secondary N) is 1. The number of amides is 1. The van der Waals surface area contributed by atoms with E-state index in [1.807, 2.05) is 50.2 Å². The Bertz CT molecular complexity index is 1030. The number of benzene rings is 1. The number of piperidine rings is 1. The Morgan fingerprint density at radius 3 is 2.65 bits per heavy atom. The third-order valence-corrected chi connectivity index (χ3v) is 5.37. The van der Waals surface area contributed by atoms with Gasteiger partial charge in [-0.15, -0.1) is 0 Å². The zero-order valence-corrected chi connectivity index (χ0v) is 18.0. The molecule has 1 aromatic carbocycles. The summed E-state index contributed by atoms with van der Waals surface area (Å²) in [6.07, 6.45) is 5.24. The summed E-state index contributed by atoms with van der Waals surface area (Å²) >= 11 is 0. The Morgan fingerprint density at radius 2 is 1.87 bits per heavy atom. The van der Waals surface area contributed by atoms with E-state index in [9.17, 15) is 4.79 Å². The Kier molecular flexibility index (Phi) is 6.45. The second kappa shape index (κ2) is 9.59. The van der Waals surface area contributed by atoms with Crippen molar-refractivity contribution in [1.29, 1.82) is 0 Å². The Morgan fingerprint density at radius 1 is 1.10 bits per heavy atom. The molecule has 0 atom stereocenters.